The molecule has 0 aromatic heterocycles. The van der Waals surface area contributed by atoms with Crippen molar-refractivity contribution in [3.63, 3.8) is 0 Å². The first-order chi connectivity index (χ1) is 7.62. The zero-order chi connectivity index (χ0) is 11.6. The fourth-order valence-electron chi connectivity index (χ4n) is 2.50. The fourth-order valence-corrected chi connectivity index (χ4v) is 2.50. The van der Waals surface area contributed by atoms with Gasteiger partial charge in [0.2, 0.25) is 0 Å². The maximum absolute atomic E-state index is 5.66. The van der Waals surface area contributed by atoms with Crippen LogP contribution in [-0.2, 0) is 6.42 Å². The lowest BCUT2D eigenvalue weighted by Crippen LogP contribution is -2.24. The predicted molar refractivity (Wildman–Crippen MR) is 69.8 cm³/mol. The van der Waals surface area contributed by atoms with Gasteiger partial charge in [0.15, 0.2) is 0 Å². The molecule has 1 heterocycles. The average molecular weight is 218 g/mol. The van der Waals surface area contributed by atoms with Crippen LogP contribution in [0.25, 0.3) is 0 Å². The van der Waals surface area contributed by atoms with Crippen LogP contribution in [0, 0.1) is 5.41 Å². The molecule has 0 aliphatic carbocycles. The van der Waals surface area contributed by atoms with Gasteiger partial charge in [-0.25, -0.2) is 0 Å². The Bertz CT molecular complexity index is 358. The first-order valence-electron chi connectivity index (χ1n) is 6.15. The van der Waals surface area contributed by atoms with Gasteiger partial charge in [-0.3, -0.25) is 0 Å². The second-order valence-electron chi connectivity index (χ2n) is 5.50. The molecule has 0 radical (unpaired) electrons. The van der Waals surface area contributed by atoms with Crippen molar-refractivity contribution in [2.45, 2.75) is 26.7 Å². The smallest absolute Gasteiger partial charge is 0.0399 e. The van der Waals surface area contributed by atoms with E-state index < -0.39 is 0 Å². The van der Waals surface area contributed by atoms with Crippen molar-refractivity contribution in [3.8, 4) is 0 Å². The third-order valence-electron chi connectivity index (χ3n) is 3.42. The number of anilines is 1. The molecule has 2 nitrogen and oxygen atoms in total. The zero-order valence-electron chi connectivity index (χ0n) is 10.4. The summed E-state index contributed by atoms with van der Waals surface area (Å²) in [6.07, 6.45) is 2.26. The number of nitrogens with zero attached hydrogens (tertiary/aromatic N) is 1. The fraction of sp³-hybridized carbons (Fsp3) is 0.571. The number of nitrogens with two attached hydrogens (primary N) is 1. The van der Waals surface area contributed by atoms with Gasteiger partial charge in [-0.15, -0.1) is 0 Å². The highest BCUT2D eigenvalue weighted by Gasteiger charge is 2.29. The van der Waals surface area contributed by atoms with Crippen molar-refractivity contribution in [1.82, 2.24) is 0 Å². The molecular formula is C14H22N2. The van der Waals surface area contributed by atoms with Crippen LogP contribution in [0.2, 0.25) is 0 Å². The van der Waals surface area contributed by atoms with Crippen molar-refractivity contribution in [2.24, 2.45) is 11.1 Å². The van der Waals surface area contributed by atoms with E-state index in [1.54, 1.807) is 0 Å². The second-order valence-corrected chi connectivity index (χ2v) is 5.50. The van der Waals surface area contributed by atoms with E-state index in [2.05, 4.69) is 43.0 Å². The Labute approximate surface area is 98.4 Å². The summed E-state index contributed by atoms with van der Waals surface area (Å²) < 4.78 is 0. The van der Waals surface area contributed by atoms with Crippen LogP contribution in [0.1, 0.15) is 25.8 Å². The standard InChI is InChI=1S/C14H22N2/c1-14(2)8-10-16(11-14)13-6-4-3-5-12(13)7-9-15/h3-6H,7-11,15H2,1-2H3. The number of rotatable bonds is 3. The second kappa shape index (κ2) is 4.46. The summed E-state index contributed by atoms with van der Waals surface area (Å²) in [6.45, 7) is 7.76. The summed E-state index contributed by atoms with van der Waals surface area (Å²) in [7, 11) is 0. The van der Waals surface area contributed by atoms with E-state index >= 15 is 0 Å². The molecule has 0 saturated carbocycles. The molecule has 0 atom stereocenters. The van der Waals surface area contributed by atoms with Crippen molar-refractivity contribution >= 4 is 5.69 Å². The van der Waals surface area contributed by atoms with Gasteiger partial charge in [-0.2, -0.15) is 0 Å². The van der Waals surface area contributed by atoms with Gasteiger partial charge < -0.3 is 10.6 Å². The van der Waals surface area contributed by atoms with Crippen molar-refractivity contribution in [2.75, 3.05) is 24.5 Å². The SMILES string of the molecule is CC1(C)CCN(c2ccccc2CCN)C1. The largest absolute Gasteiger partial charge is 0.371 e. The summed E-state index contributed by atoms with van der Waals surface area (Å²) in [6, 6.07) is 8.66. The Balaban J connectivity index is 2.20. The highest BCUT2D eigenvalue weighted by Crippen LogP contribution is 2.33. The van der Waals surface area contributed by atoms with Gasteiger partial charge in [0.25, 0.3) is 0 Å². The summed E-state index contributed by atoms with van der Waals surface area (Å²) in [5.74, 6) is 0. The first kappa shape index (κ1) is 11.5. The van der Waals surface area contributed by atoms with Crippen molar-refractivity contribution in [1.29, 1.82) is 0 Å². The van der Waals surface area contributed by atoms with Crippen LogP contribution in [0.15, 0.2) is 24.3 Å². The number of hydrogen-bond donors (Lipinski definition) is 1. The van der Waals surface area contributed by atoms with E-state index in [4.69, 9.17) is 5.73 Å². The Kier molecular flexibility index (Phi) is 3.20. The Morgan fingerprint density at radius 1 is 1.31 bits per heavy atom. The summed E-state index contributed by atoms with van der Waals surface area (Å²) in [5, 5.41) is 0. The topological polar surface area (TPSA) is 29.3 Å². The summed E-state index contributed by atoms with van der Waals surface area (Å²) >= 11 is 0. The van der Waals surface area contributed by atoms with E-state index in [1.807, 2.05) is 0 Å². The van der Waals surface area contributed by atoms with Crippen LogP contribution >= 0.6 is 0 Å². The molecule has 1 aromatic rings. The predicted octanol–water partition coefficient (Wildman–Crippen LogP) is 2.42. The first-order valence-corrected chi connectivity index (χ1v) is 6.15. The maximum atomic E-state index is 5.66. The Morgan fingerprint density at radius 2 is 2.06 bits per heavy atom. The number of para-hydroxylation sites is 1. The Hall–Kier alpha value is -1.02. The lowest BCUT2D eigenvalue weighted by atomic mass is 9.93. The van der Waals surface area contributed by atoms with Gasteiger partial charge in [-0.05, 0) is 36.4 Å². The van der Waals surface area contributed by atoms with Gasteiger partial charge >= 0.3 is 0 Å². The van der Waals surface area contributed by atoms with Gasteiger partial charge in [0, 0.05) is 18.8 Å². The molecule has 2 N–H and O–H groups in total. The number of hydrogen-bond acceptors (Lipinski definition) is 2. The average Bonchev–Trinajstić information content (AvgIpc) is 2.60. The molecule has 2 rings (SSSR count). The molecule has 0 spiro atoms. The normalized spacial score (nSPS) is 19.1. The zero-order valence-corrected chi connectivity index (χ0v) is 10.4. The quantitative estimate of drug-likeness (QED) is 0.844. The molecule has 2 heteroatoms. The molecule has 88 valence electrons. The lowest BCUT2D eigenvalue weighted by molar-refractivity contribution is 0.418. The van der Waals surface area contributed by atoms with Gasteiger partial charge in [0.05, 0.1) is 0 Å². The van der Waals surface area contributed by atoms with Gasteiger partial charge in [0.1, 0.15) is 0 Å². The minimum absolute atomic E-state index is 0.454. The van der Waals surface area contributed by atoms with E-state index in [0.717, 1.165) is 19.5 Å². The Morgan fingerprint density at radius 3 is 2.69 bits per heavy atom. The summed E-state index contributed by atoms with van der Waals surface area (Å²) in [5.41, 5.74) is 8.90. The highest BCUT2D eigenvalue weighted by molar-refractivity contribution is 5.54. The molecular weight excluding hydrogens is 196 g/mol. The van der Waals surface area contributed by atoms with E-state index in [-0.39, 0.29) is 0 Å². The highest BCUT2D eigenvalue weighted by atomic mass is 15.2. The van der Waals surface area contributed by atoms with Crippen LogP contribution in [0.5, 0.6) is 0 Å². The minimum atomic E-state index is 0.454. The van der Waals surface area contributed by atoms with Gasteiger partial charge in [-0.1, -0.05) is 32.0 Å². The van der Waals surface area contributed by atoms with E-state index in [9.17, 15) is 0 Å². The third-order valence-corrected chi connectivity index (χ3v) is 3.42. The van der Waals surface area contributed by atoms with Crippen LogP contribution in [0.3, 0.4) is 0 Å². The van der Waals surface area contributed by atoms with E-state index in [1.165, 1.54) is 24.2 Å². The van der Waals surface area contributed by atoms with E-state index in [0.29, 0.717) is 5.41 Å². The van der Waals surface area contributed by atoms with Crippen LogP contribution in [-0.4, -0.2) is 19.6 Å². The van der Waals surface area contributed by atoms with Crippen LogP contribution < -0.4 is 10.6 Å². The monoisotopic (exact) mass is 218 g/mol. The van der Waals surface area contributed by atoms with Crippen LogP contribution in [0.4, 0.5) is 5.69 Å². The molecule has 1 saturated heterocycles. The minimum Gasteiger partial charge on any atom is -0.371 e. The lowest BCUT2D eigenvalue weighted by Gasteiger charge is -2.24. The molecule has 1 fully saturated rings. The molecule has 0 bridgehead atoms. The van der Waals surface area contributed by atoms with Crippen molar-refractivity contribution in [3.05, 3.63) is 29.8 Å². The maximum Gasteiger partial charge on any atom is 0.0399 e. The molecule has 0 unspecified atom stereocenters. The molecule has 1 aliphatic rings. The third kappa shape index (κ3) is 2.38. The molecule has 0 amide bonds. The molecule has 16 heavy (non-hydrogen) atoms. The molecule has 1 aliphatic heterocycles. The number of benzene rings is 1. The van der Waals surface area contributed by atoms with Crippen molar-refractivity contribution < 1.29 is 0 Å². The summed E-state index contributed by atoms with van der Waals surface area (Å²) in [4.78, 5) is 2.50. The molecule has 1 aromatic carbocycles.